The highest BCUT2D eigenvalue weighted by Gasteiger charge is 2.09. The van der Waals surface area contributed by atoms with Crippen molar-refractivity contribution in [2.24, 2.45) is 0 Å². The third kappa shape index (κ3) is 2.79. The van der Waals surface area contributed by atoms with E-state index in [1.807, 2.05) is 0 Å². The molecule has 6 heteroatoms. The number of nitrogens with two attached hydrogens (primary N) is 1. The lowest BCUT2D eigenvalue weighted by molar-refractivity contribution is -0.109. The van der Waals surface area contributed by atoms with Crippen molar-refractivity contribution >= 4 is 12.1 Å². The van der Waals surface area contributed by atoms with E-state index in [1.54, 1.807) is 18.2 Å². The zero-order valence-electron chi connectivity index (χ0n) is 9.44. The van der Waals surface area contributed by atoms with Gasteiger partial charge in [-0.25, -0.2) is 4.39 Å². The first-order valence-corrected chi connectivity index (χ1v) is 5.28. The summed E-state index contributed by atoms with van der Waals surface area (Å²) >= 11 is 0. The van der Waals surface area contributed by atoms with Gasteiger partial charge in [0.25, 0.3) is 0 Å². The molecule has 1 amide bonds. The molecule has 2 rings (SSSR count). The van der Waals surface area contributed by atoms with E-state index in [0.29, 0.717) is 30.2 Å². The van der Waals surface area contributed by atoms with Crippen molar-refractivity contribution in [3.05, 3.63) is 47.7 Å². The Hall–Kier alpha value is -2.50. The normalized spacial score (nSPS) is 14.1. The van der Waals surface area contributed by atoms with Crippen LogP contribution < -0.4 is 21.1 Å². The van der Waals surface area contributed by atoms with Gasteiger partial charge in [0.05, 0.1) is 0 Å². The van der Waals surface area contributed by atoms with Gasteiger partial charge in [-0.15, -0.1) is 0 Å². The van der Waals surface area contributed by atoms with Gasteiger partial charge in [-0.3, -0.25) is 4.79 Å². The molecule has 1 aliphatic heterocycles. The number of ether oxygens (including phenoxy) is 1. The molecule has 0 bridgehead atoms. The second-order valence-electron chi connectivity index (χ2n) is 3.60. The van der Waals surface area contributed by atoms with Crippen LogP contribution in [0.15, 0.2) is 41.9 Å². The Morgan fingerprint density at radius 2 is 2.33 bits per heavy atom. The summed E-state index contributed by atoms with van der Waals surface area (Å²) in [5, 5.41) is 5.37. The molecule has 0 aromatic heterocycles. The highest BCUT2D eigenvalue weighted by Crippen LogP contribution is 2.22. The van der Waals surface area contributed by atoms with Crippen LogP contribution in [0.25, 0.3) is 0 Å². The number of carbonyl (C=O) groups excluding carboxylic acids is 1. The average molecular weight is 249 g/mol. The van der Waals surface area contributed by atoms with E-state index in [2.05, 4.69) is 10.6 Å². The summed E-state index contributed by atoms with van der Waals surface area (Å²) in [5.74, 6) is 0.493. The smallest absolute Gasteiger partial charge is 0.212 e. The molecule has 1 aromatic rings. The van der Waals surface area contributed by atoms with Crippen molar-refractivity contribution in [1.82, 2.24) is 10.6 Å². The number of benzene rings is 1. The SMILES string of the molecule is Nc1ccc(OC2=CCNC(NC=O)=C2)c(F)c1. The van der Waals surface area contributed by atoms with Crippen LogP contribution in [0.4, 0.5) is 10.1 Å². The molecule has 94 valence electrons. The van der Waals surface area contributed by atoms with E-state index in [4.69, 9.17) is 10.5 Å². The molecule has 5 nitrogen and oxygen atoms in total. The standard InChI is InChI=1S/C12H12FN3O2/c13-10-5-8(14)1-2-11(10)18-9-3-4-15-12(6-9)16-7-17/h1-3,5-7,15H,4,14H2,(H,16,17). The Morgan fingerprint density at radius 1 is 1.50 bits per heavy atom. The van der Waals surface area contributed by atoms with Crippen LogP contribution in [-0.4, -0.2) is 13.0 Å². The number of hydrogen-bond acceptors (Lipinski definition) is 4. The Kier molecular flexibility index (Phi) is 3.47. The second-order valence-corrected chi connectivity index (χ2v) is 3.60. The maximum absolute atomic E-state index is 13.5. The van der Waals surface area contributed by atoms with E-state index in [0.717, 1.165) is 0 Å². The lowest BCUT2D eigenvalue weighted by Gasteiger charge is -2.16. The number of hydrogen-bond donors (Lipinski definition) is 3. The molecule has 0 aliphatic carbocycles. The van der Waals surface area contributed by atoms with Gasteiger partial charge in [-0.1, -0.05) is 0 Å². The summed E-state index contributed by atoms with van der Waals surface area (Å²) in [6.07, 6.45) is 3.84. The van der Waals surface area contributed by atoms with Crippen LogP contribution in [0, 0.1) is 5.82 Å². The van der Waals surface area contributed by atoms with Gasteiger partial charge in [0.2, 0.25) is 6.41 Å². The molecule has 0 spiro atoms. The van der Waals surface area contributed by atoms with E-state index in [9.17, 15) is 9.18 Å². The van der Waals surface area contributed by atoms with Crippen LogP contribution in [0.3, 0.4) is 0 Å². The summed E-state index contributed by atoms with van der Waals surface area (Å²) in [6, 6.07) is 4.19. The summed E-state index contributed by atoms with van der Waals surface area (Å²) in [7, 11) is 0. The second kappa shape index (κ2) is 5.22. The number of amides is 1. The Bertz CT molecular complexity index is 526. The molecule has 0 saturated carbocycles. The van der Waals surface area contributed by atoms with Gasteiger partial charge in [-0.05, 0) is 18.2 Å². The number of halogens is 1. The molecule has 4 N–H and O–H groups in total. The Balaban J connectivity index is 2.14. The predicted octanol–water partition coefficient (Wildman–Crippen LogP) is 0.861. The van der Waals surface area contributed by atoms with Crippen LogP contribution in [0.5, 0.6) is 5.75 Å². The minimum atomic E-state index is -0.535. The van der Waals surface area contributed by atoms with Crippen molar-refractivity contribution in [1.29, 1.82) is 0 Å². The lowest BCUT2D eigenvalue weighted by atomic mass is 10.3. The maximum atomic E-state index is 13.5. The van der Waals surface area contributed by atoms with Gasteiger partial charge in [0, 0.05) is 24.4 Å². The summed E-state index contributed by atoms with van der Waals surface area (Å²) in [6.45, 7) is 0.485. The molecule has 0 atom stereocenters. The molecule has 0 radical (unpaired) electrons. The zero-order valence-corrected chi connectivity index (χ0v) is 9.44. The number of anilines is 1. The molecular formula is C12H12FN3O2. The first-order chi connectivity index (χ1) is 8.69. The van der Waals surface area contributed by atoms with Crippen molar-refractivity contribution < 1.29 is 13.9 Å². The fourth-order valence-corrected chi connectivity index (χ4v) is 1.47. The Morgan fingerprint density at radius 3 is 3.06 bits per heavy atom. The quantitative estimate of drug-likeness (QED) is 0.546. The average Bonchev–Trinajstić information content (AvgIpc) is 2.34. The van der Waals surface area contributed by atoms with Gasteiger partial charge < -0.3 is 21.1 Å². The topological polar surface area (TPSA) is 76.4 Å². The molecule has 1 aliphatic rings. The highest BCUT2D eigenvalue weighted by atomic mass is 19.1. The molecule has 1 heterocycles. The van der Waals surface area contributed by atoms with Crippen LogP contribution >= 0.6 is 0 Å². The number of carbonyl (C=O) groups is 1. The minimum absolute atomic E-state index is 0.0825. The highest BCUT2D eigenvalue weighted by molar-refractivity contribution is 5.51. The van der Waals surface area contributed by atoms with E-state index < -0.39 is 5.82 Å². The predicted molar refractivity (Wildman–Crippen MR) is 64.8 cm³/mol. The van der Waals surface area contributed by atoms with Gasteiger partial charge in [-0.2, -0.15) is 0 Å². The summed E-state index contributed by atoms with van der Waals surface area (Å²) in [4.78, 5) is 10.3. The summed E-state index contributed by atoms with van der Waals surface area (Å²) in [5.41, 5.74) is 5.77. The van der Waals surface area contributed by atoms with Crippen molar-refractivity contribution in [2.45, 2.75) is 0 Å². The van der Waals surface area contributed by atoms with E-state index in [-0.39, 0.29) is 5.75 Å². The number of dihydropyridines is 1. The van der Waals surface area contributed by atoms with E-state index in [1.165, 1.54) is 12.1 Å². The van der Waals surface area contributed by atoms with E-state index >= 15 is 0 Å². The van der Waals surface area contributed by atoms with Crippen molar-refractivity contribution in [3.8, 4) is 5.75 Å². The number of nitrogen functional groups attached to an aromatic ring is 1. The van der Waals surface area contributed by atoms with Crippen molar-refractivity contribution in [2.75, 3.05) is 12.3 Å². The number of allylic oxidation sites excluding steroid dienone is 1. The summed E-state index contributed by atoms with van der Waals surface area (Å²) < 4.78 is 18.9. The third-order valence-electron chi connectivity index (χ3n) is 2.28. The first-order valence-electron chi connectivity index (χ1n) is 5.28. The molecule has 0 saturated heterocycles. The third-order valence-corrected chi connectivity index (χ3v) is 2.28. The monoisotopic (exact) mass is 249 g/mol. The lowest BCUT2D eigenvalue weighted by Crippen LogP contribution is -2.28. The molecule has 0 fully saturated rings. The largest absolute Gasteiger partial charge is 0.454 e. The zero-order chi connectivity index (χ0) is 13.0. The fraction of sp³-hybridized carbons (Fsp3) is 0.0833. The number of nitrogens with one attached hydrogen (secondary N) is 2. The van der Waals surface area contributed by atoms with Crippen LogP contribution in [-0.2, 0) is 4.79 Å². The Labute approximate surface area is 103 Å². The first kappa shape index (κ1) is 12.0. The molecule has 18 heavy (non-hydrogen) atoms. The number of rotatable bonds is 4. The van der Waals surface area contributed by atoms with Gasteiger partial charge in [0.15, 0.2) is 11.6 Å². The fourth-order valence-electron chi connectivity index (χ4n) is 1.47. The maximum Gasteiger partial charge on any atom is 0.212 e. The minimum Gasteiger partial charge on any atom is -0.454 e. The van der Waals surface area contributed by atoms with Crippen LogP contribution in [0.1, 0.15) is 0 Å². The molecular weight excluding hydrogens is 237 g/mol. The molecule has 0 unspecified atom stereocenters. The van der Waals surface area contributed by atoms with Crippen LogP contribution in [0.2, 0.25) is 0 Å². The van der Waals surface area contributed by atoms with Crippen molar-refractivity contribution in [3.63, 3.8) is 0 Å². The van der Waals surface area contributed by atoms with Gasteiger partial charge >= 0.3 is 0 Å². The van der Waals surface area contributed by atoms with Gasteiger partial charge in [0.1, 0.15) is 11.6 Å². The molecule has 1 aromatic carbocycles.